The van der Waals surface area contributed by atoms with Crippen LogP contribution in [0.2, 0.25) is 0 Å². The van der Waals surface area contributed by atoms with Gasteiger partial charge in [-0.25, -0.2) is 0 Å². The molecule has 0 amide bonds. The Labute approximate surface area is 86.7 Å². The molecule has 0 fully saturated rings. The van der Waals surface area contributed by atoms with Crippen molar-refractivity contribution in [3.8, 4) is 6.01 Å². The first-order valence-corrected chi connectivity index (χ1v) is 4.78. The number of imidazole rings is 1. The number of nitrogens with zero attached hydrogens (tertiary/aromatic N) is 2. The van der Waals surface area contributed by atoms with Crippen LogP contribution in [0.15, 0.2) is 0 Å². The smallest absolute Gasteiger partial charge is 0.313 e. The first-order chi connectivity index (χ1) is 7.15. The Kier molecular flexibility index (Phi) is 2.36. The maximum Gasteiger partial charge on any atom is 0.313 e. The maximum atomic E-state index is 10.9. The summed E-state index contributed by atoms with van der Waals surface area (Å²) >= 11 is 0. The molecule has 1 aromatic heterocycles. The van der Waals surface area contributed by atoms with Gasteiger partial charge in [-0.15, -0.1) is 0 Å². The Morgan fingerprint density at radius 3 is 3.07 bits per heavy atom. The molecular formula is C9H13N3O3. The fraction of sp³-hybridized carbons (Fsp3) is 0.556. The van der Waals surface area contributed by atoms with Gasteiger partial charge in [0.25, 0.3) is 6.01 Å². The second kappa shape index (κ2) is 3.54. The van der Waals surface area contributed by atoms with E-state index in [0.717, 1.165) is 12.2 Å². The van der Waals surface area contributed by atoms with Crippen molar-refractivity contribution < 1.29 is 14.6 Å². The zero-order chi connectivity index (χ0) is 11.0. The van der Waals surface area contributed by atoms with Crippen LogP contribution < -0.4 is 10.5 Å². The molecule has 0 saturated heterocycles. The molecule has 0 saturated carbocycles. The van der Waals surface area contributed by atoms with E-state index in [4.69, 9.17) is 15.6 Å². The van der Waals surface area contributed by atoms with Gasteiger partial charge in [0.1, 0.15) is 12.5 Å². The molecule has 0 aromatic carbocycles. The van der Waals surface area contributed by atoms with Crippen LogP contribution in [0, 0.1) is 6.92 Å². The zero-order valence-electron chi connectivity index (χ0n) is 8.43. The molecule has 1 unspecified atom stereocenters. The molecule has 0 spiro atoms. The number of rotatable bonds is 3. The fourth-order valence-electron chi connectivity index (χ4n) is 1.79. The van der Waals surface area contributed by atoms with Crippen molar-refractivity contribution in [2.24, 2.45) is 5.73 Å². The number of fused-ring (bicyclic) bond motifs is 1. The fourth-order valence-corrected chi connectivity index (χ4v) is 1.79. The zero-order valence-corrected chi connectivity index (χ0v) is 8.43. The van der Waals surface area contributed by atoms with Gasteiger partial charge < -0.3 is 15.6 Å². The van der Waals surface area contributed by atoms with Gasteiger partial charge in [0.15, 0.2) is 0 Å². The Morgan fingerprint density at radius 1 is 1.80 bits per heavy atom. The average molecular weight is 211 g/mol. The lowest BCUT2D eigenvalue weighted by Gasteiger charge is -2.08. The van der Waals surface area contributed by atoms with Crippen molar-refractivity contribution in [2.45, 2.75) is 19.4 Å². The molecule has 6 nitrogen and oxygen atoms in total. The molecule has 2 rings (SSSR count). The predicted molar refractivity (Wildman–Crippen MR) is 51.9 cm³/mol. The monoisotopic (exact) mass is 211 g/mol. The average Bonchev–Trinajstić information content (AvgIpc) is 2.72. The first-order valence-electron chi connectivity index (χ1n) is 4.78. The third-order valence-electron chi connectivity index (χ3n) is 2.63. The molecule has 0 bridgehead atoms. The van der Waals surface area contributed by atoms with Crippen LogP contribution in [-0.4, -0.2) is 33.8 Å². The van der Waals surface area contributed by atoms with Gasteiger partial charge in [0, 0.05) is 12.2 Å². The number of hydrogen-bond acceptors (Lipinski definition) is 4. The summed E-state index contributed by atoms with van der Waals surface area (Å²) in [6.45, 7) is 3.22. The molecule has 15 heavy (non-hydrogen) atoms. The minimum atomic E-state index is -0.947. The van der Waals surface area contributed by atoms with Crippen LogP contribution in [0.3, 0.4) is 0 Å². The highest BCUT2D eigenvalue weighted by Gasteiger charge is 2.28. The minimum Gasteiger partial charge on any atom is -0.481 e. The molecule has 0 aliphatic carbocycles. The Morgan fingerprint density at radius 2 is 2.53 bits per heavy atom. The van der Waals surface area contributed by atoms with Crippen molar-refractivity contribution >= 4 is 5.97 Å². The summed E-state index contributed by atoms with van der Waals surface area (Å²) in [6, 6.07) is 0.502. The van der Waals surface area contributed by atoms with Crippen LogP contribution in [-0.2, 0) is 11.3 Å². The summed E-state index contributed by atoms with van der Waals surface area (Å²) in [4.78, 5) is 15.1. The summed E-state index contributed by atoms with van der Waals surface area (Å²) in [6.07, 6.45) is 0. The van der Waals surface area contributed by atoms with Crippen molar-refractivity contribution in [3.05, 3.63) is 11.4 Å². The van der Waals surface area contributed by atoms with E-state index in [-0.39, 0.29) is 6.54 Å². The minimum absolute atomic E-state index is 0.0482. The molecule has 1 aliphatic heterocycles. The molecule has 1 atom stereocenters. The molecular weight excluding hydrogens is 198 g/mol. The van der Waals surface area contributed by atoms with E-state index in [1.54, 1.807) is 0 Å². The van der Waals surface area contributed by atoms with Gasteiger partial charge in [0.2, 0.25) is 0 Å². The Balaban J connectivity index is 2.40. The molecule has 0 radical (unpaired) electrons. The number of aliphatic carboxylic acids is 1. The number of ether oxygens (including phenoxy) is 1. The van der Waals surface area contributed by atoms with E-state index < -0.39 is 11.9 Å². The van der Waals surface area contributed by atoms with Gasteiger partial charge in [-0.2, -0.15) is 4.98 Å². The molecule has 2 heterocycles. The lowest BCUT2D eigenvalue weighted by atomic mass is 10.0. The van der Waals surface area contributed by atoms with Crippen LogP contribution in [0.25, 0.3) is 0 Å². The second-order valence-corrected chi connectivity index (χ2v) is 3.49. The second-order valence-electron chi connectivity index (χ2n) is 3.49. The quantitative estimate of drug-likeness (QED) is 0.717. The number of aromatic nitrogens is 2. The highest BCUT2D eigenvalue weighted by Crippen LogP contribution is 2.26. The topological polar surface area (TPSA) is 90.4 Å². The van der Waals surface area contributed by atoms with Crippen LogP contribution in [0.1, 0.15) is 17.3 Å². The lowest BCUT2D eigenvalue weighted by molar-refractivity contribution is -0.138. The molecule has 1 aromatic rings. The van der Waals surface area contributed by atoms with Crippen molar-refractivity contribution in [1.82, 2.24) is 9.55 Å². The number of carboxylic acids is 1. The summed E-state index contributed by atoms with van der Waals surface area (Å²) in [5, 5.41) is 8.97. The highest BCUT2D eigenvalue weighted by molar-refractivity contribution is 5.76. The van der Waals surface area contributed by atoms with Gasteiger partial charge >= 0.3 is 5.97 Å². The molecule has 82 valence electrons. The third kappa shape index (κ3) is 1.46. The van der Waals surface area contributed by atoms with Gasteiger partial charge in [0.05, 0.1) is 12.2 Å². The van der Waals surface area contributed by atoms with E-state index in [2.05, 4.69) is 4.98 Å². The van der Waals surface area contributed by atoms with Crippen molar-refractivity contribution in [1.29, 1.82) is 0 Å². The van der Waals surface area contributed by atoms with E-state index in [9.17, 15) is 4.79 Å². The predicted octanol–water partition coefficient (Wildman–Crippen LogP) is -0.289. The first kappa shape index (κ1) is 9.97. The molecule has 1 aliphatic rings. The summed E-state index contributed by atoms with van der Waals surface area (Å²) in [5.41, 5.74) is 6.77. The summed E-state index contributed by atoms with van der Waals surface area (Å²) < 4.78 is 7.13. The SMILES string of the molecule is Cc1c(C(CN)C(=O)O)nc2n1CCO2. The number of hydrogen-bond donors (Lipinski definition) is 2. The summed E-state index contributed by atoms with van der Waals surface area (Å²) in [5.74, 6) is -1.69. The Hall–Kier alpha value is -1.56. The number of carboxylic acid groups (broad SMARTS) is 1. The molecule has 6 heteroatoms. The Bertz CT molecular complexity index is 400. The van der Waals surface area contributed by atoms with Gasteiger partial charge in [-0.1, -0.05) is 0 Å². The van der Waals surface area contributed by atoms with Crippen LogP contribution in [0.5, 0.6) is 6.01 Å². The van der Waals surface area contributed by atoms with Gasteiger partial charge in [-0.05, 0) is 6.92 Å². The lowest BCUT2D eigenvalue weighted by Crippen LogP contribution is -2.22. The maximum absolute atomic E-state index is 10.9. The van der Waals surface area contributed by atoms with Crippen LogP contribution >= 0.6 is 0 Å². The van der Waals surface area contributed by atoms with Crippen molar-refractivity contribution in [2.75, 3.05) is 13.2 Å². The van der Waals surface area contributed by atoms with E-state index >= 15 is 0 Å². The van der Waals surface area contributed by atoms with E-state index in [1.165, 1.54) is 0 Å². The number of carbonyl (C=O) groups is 1. The number of nitrogens with two attached hydrogens (primary N) is 1. The highest BCUT2D eigenvalue weighted by atomic mass is 16.5. The normalized spacial score (nSPS) is 15.9. The molecule has 3 N–H and O–H groups in total. The van der Waals surface area contributed by atoms with E-state index in [1.807, 2.05) is 11.5 Å². The largest absolute Gasteiger partial charge is 0.481 e. The van der Waals surface area contributed by atoms with Crippen molar-refractivity contribution in [3.63, 3.8) is 0 Å². The van der Waals surface area contributed by atoms with E-state index in [0.29, 0.717) is 18.3 Å². The third-order valence-corrected chi connectivity index (χ3v) is 2.63. The summed E-state index contributed by atoms with van der Waals surface area (Å²) in [7, 11) is 0. The van der Waals surface area contributed by atoms with Gasteiger partial charge in [-0.3, -0.25) is 9.36 Å². The van der Waals surface area contributed by atoms with Crippen LogP contribution in [0.4, 0.5) is 0 Å². The standard InChI is InChI=1S/C9H13N3O3/c1-5-7(6(4-10)8(13)14)11-9-12(5)2-3-15-9/h6H,2-4,10H2,1H3,(H,13,14).